The molecule has 0 saturated heterocycles. The monoisotopic (exact) mass is 456 g/mol. The summed E-state index contributed by atoms with van der Waals surface area (Å²) in [6.45, 7) is 0.139. The van der Waals surface area contributed by atoms with E-state index in [4.69, 9.17) is 9.47 Å². The zero-order valence-electron chi connectivity index (χ0n) is 15.7. The average molecular weight is 457 g/mol. The second kappa shape index (κ2) is 7.92. The Morgan fingerprint density at radius 3 is 2.55 bits per heavy atom. The first-order chi connectivity index (χ1) is 14.1. The number of methoxy groups -OCH3 is 1. The maximum atomic E-state index is 12.3. The predicted molar refractivity (Wildman–Crippen MR) is 109 cm³/mol. The van der Waals surface area contributed by atoms with Crippen molar-refractivity contribution < 1.29 is 9.47 Å². The van der Waals surface area contributed by atoms with Crippen molar-refractivity contribution in [2.75, 3.05) is 7.11 Å². The Labute approximate surface area is 174 Å². The number of aryl methyl sites for hydroxylation is 1. The highest BCUT2D eigenvalue weighted by atomic mass is 79.9. The van der Waals surface area contributed by atoms with Crippen molar-refractivity contribution in [2.24, 2.45) is 7.05 Å². The summed E-state index contributed by atoms with van der Waals surface area (Å²) in [6, 6.07) is 14.9. The van der Waals surface area contributed by atoms with Gasteiger partial charge in [-0.15, -0.1) is 5.10 Å². The molecule has 0 radical (unpaired) electrons. The molecular weight excluding hydrogens is 440 g/mol. The Morgan fingerprint density at radius 1 is 1.07 bits per heavy atom. The van der Waals surface area contributed by atoms with Crippen LogP contribution in [0.15, 0.2) is 64.0 Å². The number of halogens is 1. The summed E-state index contributed by atoms with van der Waals surface area (Å²) in [5.74, 6) is 1.02. The Kier molecular flexibility index (Phi) is 5.17. The first-order valence-electron chi connectivity index (χ1n) is 8.66. The molecule has 0 aliphatic carbocycles. The molecule has 148 valence electrons. The number of ether oxygens (including phenoxy) is 2. The zero-order valence-corrected chi connectivity index (χ0v) is 17.3. The SMILES string of the molecule is COc1cccc(-n2nnn(C)c2=O)c1COc1ccn(-c2ccc(Br)cc2)n1. The number of aromatic nitrogens is 6. The van der Waals surface area contributed by atoms with Gasteiger partial charge in [0, 0.05) is 23.8 Å². The minimum Gasteiger partial charge on any atom is -0.496 e. The number of tetrazole rings is 1. The Morgan fingerprint density at radius 2 is 1.86 bits per heavy atom. The summed E-state index contributed by atoms with van der Waals surface area (Å²) in [4.78, 5) is 12.3. The highest BCUT2D eigenvalue weighted by molar-refractivity contribution is 9.10. The average Bonchev–Trinajstić information content (AvgIpc) is 3.34. The molecule has 0 bridgehead atoms. The summed E-state index contributed by atoms with van der Waals surface area (Å²) in [7, 11) is 3.10. The van der Waals surface area contributed by atoms with E-state index >= 15 is 0 Å². The number of nitrogens with zero attached hydrogens (tertiary/aromatic N) is 6. The summed E-state index contributed by atoms with van der Waals surface area (Å²) < 4.78 is 16.4. The van der Waals surface area contributed by atoms with Crippen LogP contribution >= 0.6 is 15.9 Å². The molecule has 2 heterocycles. The van der Waals surface area contributed by atoms with Gasteiger partial charge in [-0.25, -0.2) is 9.48 Å². The summed E-state index contributed by atoms with van der Waals surface area (Å²) >= 11 is 3.42. The standard InChI is InChI=1S/C19H17BrN6O3/c1-24-19(27)26(23-22-24)16-4-3-5-17(28-2)15(16)12-29-18-10-11-25(21-18)14-8-6-13(20)7-9-14/h3-11H,12H2,1-2H3. The molecule has 0 unspecified atom stereocenters. The van der Waals surface area contributed by atoms with Gasteiger partial charge in [-0.05, 0) is 46.8 Å². The van der Waals surface area contributed by atoms with Gasteiger partial charge in [0.25, 0.3) is 0 Å². The topological polar surface area (TPSA) is 89.0 Å². The second-order valence-corrected chi connectivity index (χ2v) is 7.03. The molecule has 0 fully saturated rings. The predicted octanol–water partition coefficient (Wildman–Crippen LogP) is 2.50. The van der Waals surface area contributed by atoms with Crippen molar-refractivity contribution in [3.63, 3.8) is 0 Å². The van der Waals surface area contributed by atoms with Crippen LogP contribution in [0.2, 0.25) is 0 Å². The normalized spacial score (nSPS) is 10.9. The van der Waals surface area contributed by atoms with Gasteiger partial charge < -0.3 is 9.47 Å². The number of rotatable bonds is 6. The highest BCUT2D eigenvalue weighted by Crippen LogP contribution is 2.26. The van der Waals surface area contributed by atoms with Gasteiger partial charge in [0.05, 0.1) is 24.0 Å². The first-order valence-corrected chi connectivity index (χ1v) is 9.46. The summed E-state index contributed by atoms with van der Waals surface area (Å²) in [5.41, 5.74) is 1.75. The molecule has 0 aliphatic rings. The van der Waals surface area contributed by atoms with Crippen molar-refractivity contribution in [1.82, 2.24) is 29.6 Å². The molecule has 0 saturated carbocycles. The van der Waals surface area contributed by atoms with E-state index < -0.39 is 0 Å². The van der Waals surface area contributed by atoms with Crippen LogP contribution in [0, 0.1) is 0 Å². The molecule has 0 atom stereocenters. The lowest BCUT2D eigenvalue weighted by atomic mass is 10.1. The largest absolute Gasteiger partial charge is 0.496 e. The van der Waals surface area contributed by atoms with Crippen molar-refractivity contribution in [1.29, 1.82) is 0 Å². The van der Waals surface area contributed by atoms with E-state index in [0.29, 0.717) is 22.9 Å². The quantitative estimate of drug-likeness (QED) is 0.442. The molecule has 9 nitrogen and oxygen atoms in total. The fraction of sp³-hybridized carbons (Fsp3) is 0.158. The fourth-order valence-electron chi connectivity index (χ4n) is 2.82. The van der Waals surface area contributed by atoms with Crippen LogP contribution in [0.4, 0.5) is 0 Å². The van der Waals surface area contributed by atoms with Crippen molar-refractivity contribution in [2.45, 2.75) is 6.61 Å². The molecule has 0 amide bonds. The molecule has 0 aliphatic heterocycles. The summed E-state index contributed by atoms with van der Waals surface area (Å²) in [5, 5.41) is 12.1. The molecule has 2 aromatic heterocycles. The van der Waals surface area contributed by atoms with Crippen LogP contribution in [0.5, 0.6) is 11.6 Å². The van der Waals surface area contributed by atoms with Gasteiger partial charge in [-0.3, -0.25) is 0 Å². The first kappa shape index (κ1) is 18.9. The van der Waals surface area contributed by atoms with E-state index in [1.165, 1.54) is 11.7 Å². The molecule has 4 rings (SSSR count). The minimum atomic E-state index is -0.362. The maximum Gasteiger partial charge on any atom is 0.368 e. The van der Waals surface area contributed by atoms with Gasteiger partial charge in [0.15, 0.2) is 0 Å². The van der Waals surface area contributed by atoms with E-state index in [-0.39, 0.29) is 12.3 Å². The molecular formula is C19H17BrN6O3. The highest BCUT2D eigenvalue weighted by Gasteiger charge is 2.16. The number of hydrogen-bond donors (Lipinski definition) is 0. The summed E-state index contributed by atoms with van der Waals surface area (Å²) in [6.07, 6.45) is 1.81. The van der Waals surface area contributed by atoms with E-state index in [2.05, 4.69) is 31.5 Å². The van der Waals surface area contributed by atoms with Crippen molar-refractivity contribution in [3.8, 4) is 23.0 Å². The fourth-order valence-corrected chi connectivity index (χ4v) is 3.09. The van der Waals surface area contributed by atoms with Gasteiger partial charge in [0.2, 0.25) is 5.88 Å². The van der Waals surface area contributed by atoms with Gasteiger partial charge in [0.1, 0.15) is 12.4 Å². The third-order valence-corrected chi connectivity index (χ3v) is 4.83. The maximum absolute atomic E-state index is 12.3. The molecule has 0 spiro atoms. The smallest absolute Gasteiger partial charge is 0.368 e. The molecule has 29 heavy (non-hydrogen) atoms. The lowest BCUT2D eigenvalue weighted by Crippen LogP contribution is -2.23. The third-order valence-electron chi connectivity index (χ3n) is 4.30. The van der Waals surface area contributed by atoms with E-state index in [9.17, 15) is 4.79 Å². The Hall–Kier alpha value is -3.40. The lowest BCUT2D eigenvalue weighted by molar-refractivity contribution is 0.283. The van der Waals surface area contributed by atoms with E-state index in [1.54, 1.807) is 36.1 Å². The second-order valence-electron chi connectivity index (χ2n) is 6.12. The zero-order chi connectivity index (χ0) is 20.4. The Balaban J connectivity index is 1.61. The van der Waals surface area contributed by atoms with Crippen LogP contribution in [-0.4, -0.2) is 36.7 Å². The van der Waals surface area contributed by atoms with Gasteiger partial charge in [-0.1, -0.05) is 22.0 Å². The number of benzene rings is 2. The van der Waals surface area contributed by atoms with Crippen LogP contribution < -0.4 is 15.2 Å². The van der Waals surface area contributed by atoms with Crippen molar-refractivity contribution >= 4 is 15.9 Å². The van der Waals surface area contributed by atoms with E-state index in [1.807, 2.05) is 30.5 Å². The van der Waals surface area contributed by atoms with E-state index in [0.717, 1.165) is 14.8 Å². The van der Waals surface area contributed by atoms with Gasteiger partial charge in [-0.2, -0.15) is 9.36 Å². The lowest BCUT2D eigenvalue weighted by Gasteiger charge is -2.13. The van der Waals surface area contributed by atoms with Crippen LogP contribution in [0.1, 0.15) is 5.56 Å². The molecule has 0 N–H and O–H groups in total. The van der Waals surface area contributed by atoms with Crippen LogP contribution in [-0.2, 0) is 13.7 Å². The molecule has 4 aromatic rings. The minimum absolute atomic E-state index is 0.139. The van der Waals surface area contributed by atoms with Crippen LogP contribution in [0.25, 0.3) is 11.4 Å². The van der Waals surface area contributed by atoms with Crippen LogP contribution in [0.3, 0.4) is 0 Å². The third kappa shape index (κ3) is 3.79. The number of hydrogen-bond acceptors (Lipinski definition) is 6. The Bertz CT molecular complexity index is 1200. The molecule has 2 aromatic carbocycles. The van der Waals surface area contributed by atoms with Gasteiger partial charge >= 0.3 is 5.69 Å². The van der Waals surface area contributed by atoms with Crippen molar-refractivity contribution in [3.05, 3.63) is 75.2 Å². The molecule has 10 heteroatoms.